The number of hydrogen-bond donors (Lipinski definition) is 1. The molecule has 4 aromatic rings. The minimum absolute atomic E-state index is 0.1000. The number of nitrogens with one attached hydrogen (secondary N) is 1. The van der Waals surface area contributed by atoms with Gasteiger partial charge in [0.25, 0.3) is 0 Å². The molecule has 4 rings (SSSR count). The Morgan fingerprint density at radius 1 is 1.07 bits per heavy atom. The topological polar surface area (TPSA) is 85.4 Å². The molecule has 0 aliphatic carbocycles. The van der Waals surface area contributed by atoms with Crippen LogP contribution in [0.2, 0.25) is 0 Å². The van der Waals surface area contributed by atoms with Gasteiger partial charge in [0.1, 0.15) is 5.75 Å². The molecule has 0 unspecified atom stereocenters. The van der Waals surface area contributed by atoms with E-state index in [0.717, 1.165) is 21.0 Å². The Kier molecular flexibility index (Phi) is 5.69. The summed E-state index contributed by atoms with van der Waals surface area (Å²) in [6.45, 7) is 0. The number of nitrogens with zero attached hydrogens (tertiary/aromatic N) is 1. The molecule has 1 N–H and O–H groups in total. The SMILES string of the molecule is COc1ccc(S(=O)(=O)CCCC(=O)Nc2nc3ccc4ccccc4c3s2)cc1. The molecule has 8 heteroatoms. The summed E-state index contributed by atoms with van der Waals surface area (Å²) < 4.78 is 30.9. The number of ether oxygens (including phenoxy) is 1. The fourth-order valence-corrected chi connectivity index (χ4v) is 5.54. The number of sulfone groups is 1. The first-order chi connectivity index (χ1) is 14.5. The highest BCUT2D eigenvalue weighted by molar-refractivity contribution is 7.91. The first-order valence-electron chi connectivity index (χ1n) is 9.41. The standard InChI is InChI=1S/C22H20N2O4S2/c1-28-16-9-11-17(12-10-16)30(26,27)14-4-7-20(25)24-22-23-19-13-8-15-5-2-3-6-18(15)21(19)29-22/h2-3,5-6,8-13H,4,7,14H2,1H3,(H,23,24,25). The number of aromatic nitrogens is 1. The van der Waals surface area contributed by atoms with Crippen LogP contribution in [0.15, 0.2) is 65.6 Å². The van der Waals surface area contributed by atoms with Gasteiger partial charge in [0.15, 0.2) is 15.0 Å². The lowest BCUT2D eigenvalue weighted by molar-refractivity contribution is -0.116. The summed E-state index contributed by atoms with van der Waals surface area (Å²) in [5.74, 6) is 0.247. The molecule has 0 fully saturated rings. The average Bonchev–Trinajstić information content (AvgIpc) is 3.16. The van der Waals surface area contributed by atoms with Crippen LogP contribution in [-0.2, 0) is 14.6 Å². The third kappa shape index (κ3) is 4.29. The van der Waals surface area contributed by atoms with Crippen LogP contribution >= 0.6 is 11.3 Å². The first kappa shape index (κ1) is 20.3. The molecule has 3 aromatic carbocycles. The fraction of sp³-hybridized carbons (Fsp3) is 0.182. The molecule has 30 heavy (non-hydrogen) atoms. The largest absolute Gasteiger partial charge is 0.497 e. The molecule has 6 nitrogen and oxygen atoms in total. The van der Waals surface area contributed by atoms with Crippen LogP contribution in [0.25, 0.3) is 21.0 Å². The number of fused-ring (bicyclic) bond motifs is 3. The molecule has 1 amide bonds. The summed E-state index contributed by atoms with van der Waals surface area (Å²) in [6, 6.07) is 18.2. The Labute approximate surface area is 178 Å². The zero-order chi connectivity index (χ0) is 21.1. The number of amides is 1. The lowest BCUT2D eigenvalue weighted by atomic mass is 10.1. The summed E-state index contributed by atoms with van der Waals surface area (Å²) in [6.07, 6.45) is 0.333. The van der Waals surface area contributed by atoms with Crippen molar-refractivity contribution in [3.8, 4) is 5.75 Å². The number of hydrogen-bond acceptors (Lipinski definition) is 6. The van der Waals surface area contributed by atoms with E-state index < -0.39 is 9.84 Å². The normalized spacial score (nSPS) is 11.6. The van der Waals surface area contributed by atoms with E-state index in [0.29, 0.717) is 10.9 Å². The third-order valence-electron chi connectivity index (χ3n) is 4.76. The highest BCUT2D eigenvalue weighted by atomic mass is 32.2. The molecule has 0 saturated heterocycles. The predicted molar refractivity (Wildman–Crippen MR) is 120 cm³/mol. The predicted octanol–water partition coefficient (Wildman–Crippen LogP) is 4.65. The molecule has 0 aliphatic heterocycles. The number of anilines is 1. The van der Waals surface area contributed by atoms with Crippen molar-refractivity contribution >= 4 is 53.2 Å². The molecular weight excluding hydrogens is 420 g/mol. The molecule has 1 aromatic heterocycles. The van der Waals surface area contributed by atoms with Gasteiger partial charge in [-0.1, -0.05) is 41.7 Å². The second kappa shape index (κ2) is 8.41. The van der Waals surface area contributed by atoms with Gasteiger partial charge in [-0.2, -0.15) is 0 Å². The summed E-state index contributed by atoms with van der Waals surface area (Å²) >= 11 is 1.42. The van der Waals surface area contributed by atoms with Gasteiger partial charge in [0.2, 0.25) is 5.91 Å². The number of carbonyl (C=O) groups excluding carboxylic acids is 1. The number of thiazole rings is 1. The monoisotopic (exact) mass is 440 g/mol. The van der Waals surface area contributed by atoms with Gasteiger partial charge in [-0.05, 0) is 42.1 Å². The molecule has 0 radical (unpaired) electrons. The van der Waals surface area contributed by atoms with Gasteiger partial charge < -0.3 is 10.1 Å². The second-order valence-electron chi connectivity index (χ2n) is 6.80. The van der Waals surface area contributed by atoms with Crippen LogP contribution in [0.4, 0.5) is 5.13 Å². The van der Waals surface area contributed by atoms with E-state index in [2.05, 4.69) is 10.3 Å². The van der Waals surface area contributed by atoms with E-state index in [1.807, 2.05) is 36.4 Å². The Bertz CT molecular complexity index is 1310. The van der Waals surface area contributed by atoms with E-state index in [-0.39, 0.29) is 29.4 Å². The summed E-state index contributed by atoms with van der Waals surface area (Å²) in [7, 11) is -1.92. The van der Waals surface area contributed by atoms with Crippen LogP contribution in [0.5, 0.6) is 5.75 Å². The van der Waals surface area contributed by atoms with Crippen molar-refractivity contribution in [1.82, 2.24) is 4.98 Å². The van der Waals surface area contributed by atoms with Crippen molar-refractivity contribution in [2.45, 2.75) is 17.7 Å². The van der Waals surface area contributed by atoms with E-state index in [1.54, 1.807) is 12.1 Å². The molecular formula is C22H20N2O4S2. The van der Waals surface area contributed by atoms with E-state index >= 15 is 0 Å². The summed E-state index contributed by atoms with van der Waals surface area (Å²) in [4.78, 5) is 17.0. The van der Waals surface area contributed by atoms with Crippen molar-refractivity contribution in [3.63, 3.8) is 0 Å². The van der Waals surface area contributed by atoms with E-state index in [1.165, 1.54) is 30.6 Å². The van der Waals surface area contributed by atoms with Gasteiger partial charge in [-0.15, -0.1) is 0 Å². The highest BCUT2D eigenvalue weighted by Crippen LogP contribution is 2.32. The Morgan fingerprint density at radius 3 is 2.60 bits per heavy atom. The maximum absolute atomic E-state index is 12.4. The quantitative estimate of drug-likeness (QED) is 0.452. The minimum atomic E-state index is -3.45. The number of methoxy groups -OCH3 is 1. The average molecular weight is 441 g/mol. The van der Waals surface area contributed by atoms with E-state index in [4.69, 9.17) is 4.74 Å². The van der Waals surface area contributed by atoms with Gasteiger partial charge in [-0.25, -0.2) is 13.4 Å². The minimum Gasteiger partial charge on any atom is -0.497 e. The van der Waals surface area contributed by atoms with Crippen LogP contribution < -0.4 is 10.1 Å². The maximum Gasteiger partial charge on any atom is 0.226 e. The zero-order valence-corrected chi connectivity index (χ0v) is 17.9. The fourth-order valence-electron chi connectivity index (χ4n) is 3.21. The lowest BCUT2D eigenvalue weighted by Crippen LogP contribution is -2.14. The Morgan fingerprint density at radius 2 is 1.83 bits per heavy atom. The van der Waals surface area contributed by atoms with Crippen molar-refractivity contribution in [3.05, 3.63) is 60.7 Å². The van der Waals surface area contributed by atoms with Gasteiger partial charge >= 0.3 is 0 Å². The van der Waals surface area contributed by atoms with Crippen molar-refractivity contribution in [2.75, 3.05) is 18.2 Å². The lowest BCUT2D eigenvalue weighted by Gasteiger charge is -2.06. The summed E-state index contributed by atoms with van der Waals surface area (Å²) in [5.41, 5.74) is 0.830. The zero-order valence-electron chi connectivity index (χ0n) is 16.3. The number of rotatable bonds is 7. The highest BCUT2D eigenvalue weighted by Gasteiger charge is 2.16. The summed E-state index contributed by atoms with van der Waals surface area (Å²) in [5, 5.41) is 5.53. The van der Waals surface area contributed by atoms with Crippen molar-refractivity contribution in [1.29, 1.82) is 0 Å². The molecule has 154 valence electrons. The molecule has 1 heterocycles. The molecule has 0 bridgehead atoms. The Balaban J connectivity index is 1.38. The maximum atomic E-state index is 12.4. The van der Waals surface area contributed by atoms with Crippen molar-refractivity contribution in [2.24, 2.45) is 0 Å². The molecule has 0 saturated carbocycles. The van der Waals surface area contributed by atoms with Gasteiger partial charge in [0.05, 0.1) is 28.0 Å². The first-order valence-corrected chi connectivity index (χ1v) is 11.9. The second-order valence-corrected chi connectivity index (χ2v) is 9.91. The van der Waals surface area contributed by atoms with Gasteiger partial charge in [-0.3, -0.25) is 4.79 Å². The number of carbonyl (C=O) groups is 1. The smallest absolute Gasteiger partial charge is 0.226 e. The molecule has 0 aliphatic rings. The van der Waals surface area contributed by atoms with E-state index in [9.17, 15) is 13.2 Å². The number of benzene rings is 3. The third-order valence-corrected chi connectivity index (χ3v) is 7.60. The van der Waals surface area contributed by atoms with Crippen LogP contribution in [0, 0.1) is 0 Å². The van der Waals surface area contributed by atoms with Crippen LogP contribution in [-0.4, -0.2) is 32.2 Å². The Hall–Kier alpha value is -2.97. The van der Waals surface area contributed by atoms with Crippen LogP contribution in [0.3, 0.4) is 0 Å². The van der Waals surface area contributed by atoms with Crippen LogP contribution in [0.1, 0.15) is 12.8 Å². The molecule has 0 spiro atoms. The van der Waals surface area contributed by atoms with Crippen molar-refractivity contribution < 1.29 is 17.9 Å². The molecule has 0 atom stereocenters. The van der Waals surface area contributed by atoms with Gasteiger partial charge in [0, 0.05) is 11.8 Å².